The number of carbonyl (C=O) groups excluding carboxylic acids is 1. The Bertz CT molecular complexity index is 1150. The molecule has 1 aromatic carbocycles. The van der Waals surface area contributed by atoms with Gasteiger partial charge in [0.05, 0.1) is 16.8 Å². The van der Waals surface area contributed by atoms with Crippen LogP contribution in [0, 0.1) is 13.8 Å². The molecule has 166 valence electrons. The number of rotatable bonds is 8. The number of hydrogen-bond acceptors (Lipinski definition) is 3. The van der Waals surface area contributed by atoms with Crippen molar-refractivity contribution in [2.24, 2.45) is 12.8 Å². The Kier molecular flexibility index (Phi) is 6.55. The molecule has 1 amide bonds. The fourth-order valence-electron chi connectivity index (χ4n) is 4.44. The molecule has 0 saturated carbocycles. The number of hydrogen-bond donors (Lipinski definition) is 1. The second kappa shape index (κ2) is 8.98. The van der Waals surface area contributed by atoms with E-state index in [-0.39, 0.29) is 5.56 Å². The first-order valence-electron chi connectivity index (χ1n) is 10.7. The zero-order valence-electron chi connectivity index (χ0n) is 19.4. The van der Waals surface area contributed by atoms with Crippen LogP contribution in [0.3, 0.4) is 0 Å². The summed E-state index contributed by atoms with van der Waals surface area (Å²) in [5, 5.41) is 0. The third kappa shape index (κ3) is 3.97. The largest absolute Gasteiger partial charge is 0.366 e. The Hall–Kier alpha value is -3.06. The fourth-order valence-corrected chi connectivity index (χ4v) is 4.44. The van der Waals surface area contributed by atoms with Crippen molar-refractivity contribution in [2.75, 3.05) is 20.6 Å². The van der Waals surface area contributed by atoms with Gasteiger partial charge in [0.1, 0.15) is 0 Å². The first-order chi connectivity index (χ1) is 14.7. The van der Waals surface area contributed by atoms with Crippen LogP contribution in [0.1, 0.15) is 40.8 Å². The molecule has 2 aromatic heterocycles. The zero-order valence-corrected chi connectivity index (χ0v) is 19.4. The third-order valence-corrected chi connectivity index (χ3v) is 6.00. The van der Waals surface area contributed by atoms with Gasteiger partial charge in [-0.25, -0.2) is 4.68 Å². The number of nitrogens with zero attached hydrogens (tertiary/aromatic N) is 4. The molecule has 0 aliphatic rings. The van der Waals surface area contributed by atoms with Crippen molar-refractivity contribution in [1.82, 2.24) is 18.8 Å². The summed E-state index contributed by atoms with van der Waals surface area (Å²) in [7, 11) is 5.95. The summed E-state index contributed by atoms with van der Waals surface area (Å²) < 4.78 is 5.65. The summed E-state index contributed by atoms with van der Waals surface area (Å²) in [6.07, 6.45) is 1.64. The first-order valence-corrected chi connectivity index (χ1v) is 10.7. The van der Waals surface area contributed by atoms with E-state index in [4.69, 9.17) is 5.73 Å². The molecule has 2 heterocycles. The molecule has 2 N–H and O–H groups in total. The van der Waals surface area contributed by atoms with Crippen molar-refractivity contribution in [3.05, 3.63) is 63.3 Å². The van der Waals surface area contributed by atoms with Crippen LogP contribution in [0.15, 0.2) is 35.1 Å². The molecule has 0 aliphatic heterocycles. The Balaban J connectivity index is 2.28. The summed E-state index contributed by atoms with van der Waals surface area (Å²) in [5.41, 5.74) is 10.8. The molecule has 0 bridgehead atoms. The average molecular weight is 424 g/mol. The quantitative estimate of drug-likeness (QED) is 0.605. The molecule has 0 spiro atoms. The van der Waals surface area contributed by atoms with Gasteiger partial charge < -0.3 is 15.2 Å². The Morgan fingerprint density at radius 1 is 1.06 bits per heavy atom. The van der Waals surface area contributed by atoms with Gasteiger partial charge >= 0.3 is 0 Å². The molecule has 0 radical (unpaired) electrons. The molecule has 7 nitrogen and oxygen atoms in total. The lowest BCUT2D eigenvalue weighted by Gasteiger charge is -2.14. The second-order valence-electron chi connectivity index (χ2n) is 8.24. The maximum Gasteiger partial charge on any atom is 0.279 e. The number of para-hydroxylation sites is 1. The lowest BCUT2D eigenvalue weighted by Crippen LogP contribution is -2.20. The van der Waals surface area contributed by atoms with Crippen LogP contribution in [-0.4, -0.2) is 45.4 Å². The van der Waals surface area contributed by atoms with Crippen LogP contribution >= 0.6 is 0 Å². The highest BCUT2D eigenvalue weighted by molar-refractivity contribution is 6.02. The monoisotopic (exact) mass is 423 g/mol. The third-order valence-electron chi connectivity index (χ3n) is 6.00. The minimum absolute atomic E-state index is 0.145. The highest BCUT2D eigenvalue weighted by Gasteiger charge is 2.29. The fraction of sp³-hybridized carbons (Fsp3) is 0.417. The Labute approximate surface area is 183 Å². The minimum atomic E-state index is -0.498. The molecular weight excluding hydrogens is 390 g/mol. The van der Waals surface area contributed by atoms with Gasteiger partial charge in [0, 0.05) is 36.2 Å². The topological polar surface area (TPSA) is 78.2 Å². The Morgan fingerprint density at radius 3 is 2.26 bits per heavy atom. The van der Waals surface area contributed by atoms with Crippen LogP contribution in [0.2, 0.25) is 0 Å². The highest BCUT2D eigenvalue weighted by atomic mass is 16.1. The molecule has 0 unspecified atom stereocenters. The van der Waals surface area contributed by atoms with Gasteiger partial charge in [-0.05, 0) is 59.5 Å². The SMILES string of the molecule is CCc1c(-c2c(C)n(C)n(-c3ccccc3)c2=O)c(C(N)=O)c(C)n1CCCN(C)C. The standard InChI is InChI=1S/C24H33N5O2/c1-7-19-22(20(23(25)30)17(3)28(19)15-11-14-26(4)5)21-16(2)27(6)29(24(21)31)18-12-9-8-10-13-18/h8-10,12-13H,7,11,14-15H2,1-6H3,(H2,25,30). The summed E-state index contributed by atoms with van der Waals surface area (Å²) >= 11 is 0. The molecule has 3 rings (SSSR count). The summed E-state index contributed by atoms with van der Waals surface area (Å²) in [5.74, 6) is -0.498. The summed E-state index contributed by atoms with van der Waals surface area (Å²) in [6.45, 7) is 7.60. The van der Waals surface area contributed by atoms with Gasteiger partial charge in [-0.2, -0.15) is 0 Å². The number of amides is 1. The molecular formula is C24H33N5O2. The van der Waals surface area contributed by atoms with Crippen molar-refractivity contribution in [2.45, 2.75) is 40.2 Å². The number of primary amides is 1. The van der Waals surface area contributed by atoms with Crippen molar-refractivity contribution < 1.29 is 4.79 Å². The van der Waals surface area contributed by atoms with Crippen LogP contribution in [-0.2, 0) is 20.0 Å². The van der Waals surface area contributed by atoms with Crippen LogP contribution < -0.4 is 11.3 Å². The van der Waals surface area contributed by atoms with Crippen molar-refractivity contribution in [1.29, 1.82) is 0 Å². The number of carbonyl (C=O) groups is 1. The second-order valence-corrected chi connectivity index (χ2v) is 8.24. The van der Waals surface area contributed by atoms with Gasteiger partial charge in [0.2, 0.25) is 0 Å². The summed E-state index contributed by atoms with van der Waals surface area (Å²) in [4.78, 5) is 28.3. The van der Waals surface area contributed by atoms with Crippen LogP contribution in [0.5, 0.6) is 0 Å². The maximum atomic E-state index is 13.7. The lowest BCUT2D eigenvalue weighted by molar-refractivity contribution is 0.1000. The maximum absolute atomic E-state index is 13.7. The average Bonchev–Trinajstić information content (AvgIpc) is 3.11. The van der Waals surface area contributed by atoms with Gasteiger partial charge in [0.15, 0.2) is 0 Å². The van der Waals surface area contributed by atoms with Gasteiger partial charge in [0.25, 0.3) is 11.5 Å². The predicted molar refractivity (Wildman–Crippen MR) is 125 cm³/mol. The number of aromatic nitrogens is 3. The molecule has 0 aliphatic carbocycles. The van der Waals surface area contributed by atoms with E-state index in [1.165, 1.54) is 0 Å². The van der Waals surface area contributed by atoms with E-state index < -0.39 is 5.91 Å². The lowest BCUT2D eigenvalue weighted by atomic mass is 9.99. The van der Waals surface area contributed by atoms with Crippen molar-refractivity contribution >= 4 is 5.91 Å². The van der Waals surface area contributed by atoms with E-state index in [2.05, 4.69) is 16.4 Å². The number of nitrogens with two attached hydrogens (primary N) is 1. The Morgan fingerprint density at radius 2 is 1.71 bits per heavy atom. The number of benzene rings is 1. The molecule has 0 atom stereocenters. The highest BCUT2D eigenvalue weighted by Crippen LogP contribution is 2.34. The van der Waals surface area contributed by atoms with Crippen molar-refractivity contribution in [3.8, 4) is 16.8 Å². The van der Waals surface area contributed by atoms with Gasteiger partial charge in [-0.1, -0.05) is 25.1 Å². The van der Waals surface area contributed by atoms with Crippen LogP contribution in [0.4, 0.5) is 0 Å². The minimum Gasteiger partial charge on any atom is -0.366 e. The summed E-state index contributed by atoms with van der Waals surface area (Å²) in [6, 6.07) is 9.53. The van der Waals surface area contributed by atoms with Gasteiger partial charge in [-0.15, -0.1) is 0 Å². The zero-order chi connectivity index (χ0) is 22.9. The van der Waals surface area contributed by atoms with Gasteiger partial charge in [-0.3, -0.25) is 14.3 Å². The molecule has 0 saturated heterocycles. The molecule has 31 heavy (non-hydrogen) atoms. The van der Waals surface area contributed by atoms with Crippen molar-refractivity contribution in [3.63, 3.8) is 0 Å². The van der Waals surface area contributed by atoms with E-state index in [9.17, 15) is 9.59 Å². The normalized spacial score (nSPS) is 11.5. The molecule has 7 heteroatoms. The van der Waals surface area contributed by atoms with Crippen LogP contribution in [0.25, 0.3) is 16.8 Å². The van der Waals surface area contributed by atoms with E-state index in [0.717, 1.165) is 42.3 Å². The van der Waals surface area contributed by atoms with E-state index in [1.54, 1.807) is 4.68 Å². The molecule has 3 aromatic rings. The van der Waals surface area contributed by atoms with E-state index in [1.807, 2.05) is 70.0 Å². The van der Waals surface area contributed by atoms with E-state index >= 15 is 0 Å². The van der Waals surface area contributed by atoms with E-state index in [0.29, 0.717) is 23.1 Å². The first kappa shape index (κ1) is 22.6. The smallest absolute Gasteiger partial charge is 0.279 e. The molecule has 0 fully saturated rings. The predicted octanol–water partition coefficient (Wildman–Crippen LogP) is 2.87.